The molecule has 4 heterocycles. The SMILES string of the molecule is C=CC(=O)Cc1cc(N2CCS(=O)(=O)CC2)ccc1Nc1ncc2cc(-c3c(Cl)c(OC)cc(OC)c3Cl)c3nccn3c2n1. The molecule has 1 aliphatic rings. The number of hydrogen-bond acceptors (Lipinski definition) is 10. The first-order valence-electron chi connectivity index (χ1n) is 13.9. The molecule has 0 radical (unpaired) electrons. The lowest BCUT2D eigenvalue weighted by Gasteiger charge is -2.29. The summed E-state index contributed by atoms with van der Waals surface area (Å²) in [6, 6.07) is 9.10. The first-order chi connectivity index (χ1) is 21.6. The molecule has 1 saturated heterocycles. The van der Waals surface area contributed by atoms with Gasteiger partial charge in [0.1, 0.15) is 17.1 Å². The molecule has 1 aliphatic heterocycles. The van der Waals surface area contributed by atoms with Crippen LogP contribution in [0.15, 0.2) is 61.6 Å². The van der Waals surface area contributed by atoms with E-state index in [-0.39, 0.29) is 23.7 Å². The van der Waals surface area contributed by atoms with Gasteiger partial charge in [0.25, 0.3) is 0 Å². The number of benzene rings is 2. The minimum Gasteiger partial charge on any atom is -0.495 e. The third kappa shape index (κ3) is 5.88. The summed E-state index contributed by atoms with van der Waals surface area (Å²) in [6.45, 7) is 4.38. The molecule has 45 heavy (non-hydrogen) atoms. The van der Waals surface area contributed by atoms with Crippen molar-refractivity contribution in [3.05, 3.63) is 77.2 Å². The van der Waals surface area contributed by atoms with E-state index in [2.05, 4.69) is 21.9 Å². The highest BCUT2D eigenvalue weighted by atomic mass is 35.5. The van der Waals surface area contributed by atoms with E-state index in [1.54, 1.807) is 24.7 Å². The number of anilines is 3. The van der Waals surface area contributed by atoms with Gasteiger partial charge >= 0.3 is 0 Å². The summed E-state index contributed by atoms with van der Waals surface area (Å²) in [5.74, 6) is 1.12. The Labute approximate surface area is 269 Å². The topological polar surface area (TPSA) is 128 Å². The van der Waals surface area contributed by atoms with Crippen LogP contribution in [0.25, 0.3) is 27.8 Å². The van der Waals surface area contributed by atoms with Crippen molar-refractivity contribution in [2.45, 2.75) is 6.42 Å². The highest BCUT2D eigenvalue weighted by molar-refractivity contribution is 7.91. The van der Waals surface area contributed by atoms with Crippen molar-refractivity contribution in [2.75, 3.05) is 49.0 Å². The number of methoxy groups -OCH3 is 2. The van der Waals surface area contributed by atoms with E-state index in [0.29, 0.717) is 79.6 Å². The largest absolute Gasteiger partial charge is 0.495 e. The number of hydrogen-bond donors (Lipinski definition) is 1. The average molecular weight is 668 g/mol. The van der Waals surface area contributed by atoms with Crippen LogP contribution >= 0.6 is 23.2 Å². The minimum atomic E-state index is -3.03. The van der Waals surface area contributed by atoms with E-state index in [0.717, 1.165) is 5.69 Å². The zero-order valence-corrected chi connectivity index (χ0v) is 26.7. The van der Waals surface area contributed by atoms with Crippen LogP contribution in [-0.4, -0.2) is 72.4 Å². The summed E-state index contributed by atoms with van der Waals surface area (Å²) in [7, 11) is -0.00784. The van der Waals surface area contributed by atoms with Gasteiger partial charge in [-0.15, -0.1) is 0 Å². The zero-order valence-electron chi connectivity index (χ0n) is 24.4. The Balaban J connectivity index is 1.40. The number of nitrogens with zero attached hydrogens (tertiary/aromatic N) is 5. The Kier molecular flexibility index (Phi) is 8.29. The van der Waals surface area contributed by atoms with Crippen molar-refractivity contribution >= 4 is 72.8 Å². The van der Waals surface area contributed by atoms with Gasteiger partial charge in [-0.1, -0.05) is 29.8 Å². The maximum Gasteiger partial charge on any atom is 0.229 e. The number of allylic oxidation sites excluding steroid dienone is 1. The van der Waals surface area contributed by atoms with Crippen LogP contribution in [-0.2, 0) is 21.1 Å². The van der Waals surface area contributed by atoms with Gasteiger partial charge in [-0.25, -0.2) is 18.4 Å². The molecular formula is C31H28Cl2N6O5S. The Morgan fingerprint density at radius 2 is 1.76 bits per heavy atom. The first-order valence-corrected chi connectivity index (χ1v) is 16.4. The van der Waals surface area contributed by atoms with Crippen LogP contribution in [0.5, 0.6) is 11.5 Å². The zero-order chi connectivity index (χ0) is 31.9. The van der Waals surface area contributed by atoms with Crippen molar-refractivity contribution in [3.63, 3.8) is 0 Å². The van der Waals surface area contributed by atoms with Gasteiger partial charge in [0.05, 0.1) is 35.8 Å². The van der Waals surface area contributed by atoms with E-state index >= 15 is 0 Å². The van der Waals surface area contributed by atoms with Crippen LogP contribution in [0.1, 0.15) is 5.56 Å². The molecule has 6 rings (SSSR count). The second-order valence-corrected chi connectivity index (χ2v) is 13.4. The van der Waals surface area contributed by atoms with Gasteiger partial charge in [0.2, 0.25) is 5.95 Å². The number of ether oxygens (including phenoxy) is 2. The second kappa shape index (κ2) is 12.2. The molecular weight excluding hydrogens is 639 g/mol. The number of fused-ring (bicyclic) bond motifs is 3. The number of rotatable bonds is 9. The average Bonchev–Trinajstić information content (AvgIpc) is 3.53. The summed E-state index contributed by atoms with van der Waals surface area (Å²) < 4.78 is 36.6. The molecule has 1 fully saturated rings. The number of imidazole rings is 1. The van der Waals surface area contributed by atoms with E-state index in [9.17, 15) is 13.2 Å². The second-order valence-electron chi connectivity index (χ2n) is 10.4. The number of carbonyl (C=O) groups excluding carboxylic acids is 1. The lowest BCUT2D eigenvalue weighted by Crippen LogP contribution is -2.40. The van der Waals surface area contributed by atoms with Gasteiger partial charge in [-0.2, -0.15) is 4.98 Å². The third-order valence-corrected chi connectivity index (χ3v) is 10.0. The number of aromatic nitrogens is 4. The minimum absolute atomic E-state index is 0.0903. The Morgan fingerprint density at radius 3 is 2.42 bits per heavy atom. The van der Waals surface area contributed by atoms with Crippen LogP contribution in [0.3, 0.4) is 0 Å². The van der Waals surface area contributed by atoms with Crippen LogP contribution < -0.4 is 19.7 Å². The molecule has 3 aromatic heterocycles. The van der Waals surface area contributed by atoms with Crippen molar-refractivity contribution in [1.82, 2.24) is 19.4 Å². The van der Waals surface area contributed by atoms with Crippen LogP contribution in [0.2, 0.25) is 10.0 Å². The van der Waals surface area contributed by atoms with E-state index in [1.807, 2.05) is 33.6 Å². The summed E-state index contributed by atoms with van der Waals surface area (Å²) in [5, 5.41) is 4.56. The Hall–Kier alpha value is -4.39. The maximum atomic E-state index is 12.4. The molecule has 0 bridgehead atoms. The van der Waals surface area contributed by atoms with Crippen molar-refractivity contribution in [1.29, 1.82) is 0 Å². The maximum absolute atomic E-state index is 12.4. The first kappa shape index (κ1) is 30.6. The van der Waals surface area contributed by atoms with Crippen LogP contribution in [0, 0.1) is 0 Å². The molecule has 14 heteroatoms. The number of ketones is 1. The highest BCUT2D eigenvalue weighted by Crippen LogP contribution is 2.47. The number of carbonyl (C=O) groups is 1. The molecule has 0 saturated carbocycles. The van der Waals surface area contributed by atoms with Crippen molar-refractivity contribution in [2.24, 2.45) is 0 Å². The standard InChI is InChI=1S/C31H28Cl2N6O5S/c1-4-21(40)14-18-13-20(38-9-11-45(41,42)12-10-38)5-6-23(18)36-31-35-17-19-15-22(30-34-7-8-39(30)29(19)37-31)26-27(32)24(43-2)16-25(44-3)28(26)33/h4-8,13,15-17H,1,9-12,14H2,2-3H3,(H,35,36,37). The fraction of sp³-hybridized carbons (Fsp3) is 0.226. The lowest BCUT2D eigenvalue weighted by molar-refractivity contribution is -0.114. The van der Waals surface area contributed by atoms with E-state index in [1.165, 1.54) is 20.3 Å². The van der Waals surface area contributed by atoms with Gasteiger partial charge in [0, 0.05) is 72.1 Å². The number of pyridine rings is 1. The molecule has 232 valence electrons. The van der Waals surface area contributed by atoms with Crippen LogP contribution in [0.4, 0.5) is 17.3 Å². The third-order valence-electron chi connectivity index (χ3n) is 7.69. The molecule has 0 spiro atoms. The Bertz CT molecular complexity index is 2060. The smallest absolute Gasteiger partial charge is 0.229 e. The molecule has 0 atom stereocenters. The summed E-state index contributed by atoms with van der Waals surface area (Å²) in [4.78, 5) is 28.3. The lowest BCUT2D eigenvalue weighted by atomic mass is 10.0. The number of nitrogens with one attached hydrogen (secondary N) is 1. The fourth-order valence-electron chi connectivity index (χ4n) is 5.33. The molecule has 2 aromatic carbocycles. The predicted octanol–water partition coefficient (Wildman–Crippen LogP) is 5.54. The van der Waals surface area contributed by atoms with E-state index < -0.39 is 9.84 Å². The fourth-order valence-corrected chi connectivity index (χ4v) is 7.24. The highest BCUT2D eigenvalue weighted by Gasteiger charge is 2.24. The summed E-state index contributed by atoms with van der Waals surface area (Å²) in [5.41, 5.74) is 4.43. The quantitative estimate of drug-likeness (QED) is 0.200. The van der Waals surface area contributed by atoms with Gasteiger partial charge in [-0.05, 0) is 35.9 Å². The number of sulfone groups is 1. The van der Waals surface area contributed by atoms with Crippen molar-refractivity contribution < 1.29 is 22.7 Å². The normalized spacial score (nSPS) is 14.4. The van der Waals surface area contributed by atoms with Gasteiger partial charge in [-0.3, -0.25) is 9.20 Å². The van der Waals surface area contributed by atoms with Crippen molar-refractivity contribution in [3.8, 4) is 22.6 Å². The monoisotopic (exact) mass is 666 g/mol. The molecule has 1 N–H and O–H groups in total. The molecule has 11 nitrogen and oxygen atoms in total. The summed E-state index contributed by atoms with van der Waals surface area (Å²) in [6.07, 6.45) is 6.47. The molecule has 0 unspecified atom stereocenters. The molecule has 0 amide bonds. The Morgan fingerprint density at radius 1 is 1.04 bits per heavy atom. The van der Waals surface area contributed by atoms with Gasteiger partial charge in [0.15, 0.2) is 21.3 Å². The molecule has 0 aliphatic carbocycles. The summed E-state index contributed by atoms with van der Waals surface area (Å²) >= 11 is 13.5. The van der Waals surface area contributed by atoms with Gasteiger partial charge < -0.3 is 19.7 Å². The molecule has 5 aromatic rings. The van der Waals surface area contributed by atoms with E-state index in [4.69, 9.17) is 37.7 Å². The number of halogens is 2. The predicted molar refractivity (Wildman–Crippen MR) is 176 cm³/mol.